The molecule has 7 heteroatoms. The van der Waals surface area contributed by atoms with Gasteiger partial charge < -0.3 is 10.3 Å². The second-order valence-electron chi connectivity index (χ2n) is 3.71. The number of benzene rings is 1. The van der Waals surface area contributed by atoms with Crippen molar-refractivity contribution in [1.29, 1.82) is 0 Å². The highest BCUT2D eigenvalue weighted by Gasteiger charge is 2.11. The molecule has 96 valence electrons. The van der Waals surface area contributed by atoms with Gasteiger partial charge in [-0.25, -0.2) is 0 Å². The van der Waals surface area contributed by atoms with Gasteiger partial charge in [0.25, 0.3) is 11.6 Å². The molecule has 0 bridgehead atoms. The molecule has 0 spiro atoms. The van der Waals surface area contributed by atoms with Crippen molar-refractivity contribution in [3.63, 3.8) is 0 Å². The number of anilines is 1. The van der Waals surface area contributed by atoms with E-state index in [9.17, 15) is 19.7 Å². The van der Waals surface area contributed by atoms with Crippen LogP contribution < -0.4 is 5.32 Å². The molecule has 0 saturated heterocycles. The first-order valence-corrected chi connectivity index (χ1v) is 5.30. The molecule has 19 heavy (non-hydrogen) atoms. The first-order chi connectivity index (χ1) is 9.10. The van der Waals surface area contributed by atoms with Crippen molar-refractivity contribution >= 4 is 23.6 Å². The standard InChI is InChI=1S/C12H9N3O4/c16-7-9-4-5-11(13-9)12(17)14-8-2-1-3-10(6-8)15(18)19/h1-7,13H,(H,14,17). The van der Waals surface area contributed by atoms with E-state index in [1.807, 2.05) is 0 Å². The molecular weight excluding hydrogens is 250 g/mol. The predicted octanol–water partition coefficient (Wildman–Crippen LogP) is 1.99. The van der Waals surface area contributed by atoms with Crippen LogP contribution in [0.5, 0.6) is 0 Å². The third kappa shape index (κ3) is 2.83. The van der Waals surface area contributed by atoms with Crippen LogP contribution in [0.2, 0.25) is 0 Å². The summed E-state index contributed by atoms with van der Waals surface area (Å²) in [5.41, 5.74) is 0.678. The van der Waals surface area contributed by atoms with Gasteiger partial charge in [0.2, 0.25) is 0 Å². The van der Waals surface area contributed by atoms with Crippen LogP contribution >= 0.6 is 0 Å². The topological polar surface area (TPSA) is 105 Å². The summed E-state index contributed by atoms with van der Waals surface area (Å²) in [5.74, 6) is -0.478. The quantitative estimate of drug-likeness (QED) is 0.497. The number of rotatable bonds is 4. The maximum Gasteiger partial charge on any atom is 0.272 e. The number of aldehydes is 1. The number of nitro groups is 1. The molecule has 1 aromatic carbocycles. The molecule has 1 heterocycles. The van der Waals surface area contributed by atoms with Crippen LogP contribution in [0.25, 0.3) is 0 Å². The van der Waals surface area contributed by atoms with Crippen LogP contribution in [-0.4, -0.2) is 22.1 Å². The number of non-ortho nitro benzene ring substituents is 1. The van der Waals surface area contributed by atoms with Gasteiger partial charge in [-0.3, -0.25) is 19.7 Å². The Morgan fingerprint density at radius 3 is 2.74 bits per heavy atom. The number of carbonyl (C=O) groups excluding carboxylic acids is 2. The molecule has 1 amide bonds. The van der Waals surface area contributed by atoms with Gasteiger partial charge >= 0.3 is 0 Å². The number of aromatic nitrogens is 1. The Morgan fingerprint density at radius 2 is 2.11 bits per heavy atom. The van der Waals surface area contributed by atoms with E-state index in [1.165, 1.54) is 36.4 Å². The summed E-state index contributed by atoms with van der Waals surface area (Å²) in [6.07, 6.45) is 0.587. The number of nitrogens with zero attached hydrogens (tertiary/aromatic N) is 1. The van der Waals surface area contributed by atoms with Gasteiger partial charge in [0.05, 0.1) is 10.6 Å². The molecule has 1 aromatic heterocycles. The lowest BCUT2D eigenvalue weighted by Gasteiger charge is -2.03. The number of hydrogen-bond acceptors (Lipinski definition) is 4. The molecule has 0 saturated carbocycles. The van der Waals surface area contributed by atoms with Gasteiger partial charge in [0.15, 0.2) is 6.29 Å². The molecule has 0 fully saturated rings. The highest BCUT2D eigenvalue weighted by molar-refractivity contribution is 6.03. The van der Waals surface area contributed by atoms with Crippen LogP contribution in [0.3, 0.4) is 0 Å². The number of nitro benzene ring substituents is 1. The van der Waals surface area contributed by atoms with E-state index < -0.39 is 10.8 Å². The molecule has 2 N–H and O–H groups in total. The number of carbonyl (C=O) groups is 2. The second-order valence-corrected chi connectivity index (χ2v) is 3.71. The van der Waals surface area contributed by atoms with Crippen LogP contribution in [0.15, 0.2) is 36.4 Å². The van der Waals surface area contributed by atoms with Gasteiger partial charge in [-0.1, -0.05) is 6.07 Å². The largest absolute Gasteiger partial charge is 0.348 e. The lowest BCUT2D eigenvalue weighted by atomic mass is 10.2. The highest BCUT2D eigenvalue weighted by Crippen LogP contribution is 2.17. The maximum absolute atomic E-state index is 11.8. The Balaban J connectivity index is 2.16. The van der Waals surface area contributed by atoms with Gasteiger partial charge in [0.1, 0.15) is 5.69 Å². The lowest BCUT2D eigenvalue weighted by Crippen LogP contribution is -2.12. The van der Waals surface area contributed by atoms with Gasteiger partial charge in [-0.15, -0.1) is 0 Å². The molecule has 0 unspecified atom stereocenters. The minimum atomic E-state index is -0.547. The Labute approximate surface area is 107 Å². The van der Waals surface area contributed by atoms with Crippen LogP contribution in [0.4, 0.5) is 11.4 Å². The molecule has 7 nitrogen and oxygen atoms in total. The van der Waals surface area contributed by atoms with E-state index in [0.717, 1.165) is 0 Å². The zero-order valence-electron chi connectivity index (χ0n) is 9.62. The van der Waals surface area contributed by atoms with Crippen molar-refractivity contribution in [3.05, 3.63) is 57.9 Å². The number of H-pyrrole nitrogens is 1. The van der Waals surface area contributed by atoms with Crippen LogP contribution in [0, 0.1) is 10.1 Å². The lowest BCUT2D eigenvalue weighted by molar-refractivity contribution is -0.384. The van der Waals surface area contributed by atoms with E-state index in [0.29, 0.717) is 12.0 Å². The molecule has 0 atom stereocenters. The molecule has 0 radical (unpaired) electrons. The summed E-state index contributed by atoms with van der Waals surface area (Å²) < 4.78 is 0. The first-order valence-electron chi connectivity index (χ1n) is 5.30. The van der Waals surface area contributed by atoms with Crippen molar-refractivity contribution in [3.8, 4) is 0 Å². The monoisotopic (exact) mass is 259 g/mol. The summed E-state index contributed by atoms with van der Waals surface area (Å²) in [7, 11) is 0. The zero-order valence-corrected chi connectivity index (χ0v) is 9.62. The Hall–Kier alpha value is -2.96. The van der Waals surface area contributed by atoms with E-state index in [-0.39, 0.29) is 17.1 Å². The fourth-order valence-electron chi connectivity index (χ4n) is 1.51. The molecule has 2 aromatic rings. The van der Waals surface area contributed by atoms with Gasteiger partial charge in [-0.2, -0.15) is 0 Å². The van der Waals surface area contributed by atoms with Gasteiger partial charge in [-0.05, 0) is 18.2 Å². The Kier molecular flexibility index (Phi) is 3.37. The molecule has 0 aliphatic heterocycles. The first kappa shape index (κ1) is 12.5. The van der Waals surface area contributed by atoms with Crippen molar-refractivity contribution in [2.75, 3.05) is 5.32 Å². The minimum absolute atomic E-state index is 0.113. The third-order valence-electron chi connectivity index (χ3n) is 2.39. The SMILES string of the molecule is O=Cc1ccc(C(=O)Nc2cccc([N+](=O)[O-])c2)[nH]1. The predicted molar refractivity (Wildman–Crippen MR) is 67.2 cm³/mol. The van der Waals surface area contributed by atoms with Crippen molar-refractivity contribution in [2.45, 2.75) is 0 Å². The highest BCUT2D eigenvalue weighted by atomic mass is 16.6. The Morgan fingerprint density at radius 1 is 1.32 bits per heavy atom. The summed E-state index contributed by atoms with van der Waals surface area (Å²) >= 11 is 0. The Bertz CT molecular complexity index is 648. The van der Waals surface area contributed by atoms with Crippen molar-refractivity contribution in [2.24, 2.45) is 0 Å². The zero-order chi connectivity index (χ0) is 13.8. The average Bonchev–Trinajstić information content (AvgIpc) is 2.88. The molecule has 0 aliphatic carbocycles. The van der Waals surface area contributed by atoms with Crippen molar-refractivity contribution in [1.82, 2.24) is 4.98 Å². The number of hydrogen-bond donors (Lipinski definition) is 2. The van der Waals surface area contributed by atoms with E-state index in [1.54, 1.807) is 0 Å². The van der Waals surface area contributed by atoms with Gasteiger partial charge in [0, 0.05) is 17.8 Å². The minimum Gasteiger partial charge on any atom is -0.348 e. The summed E-state index contributed by atoms with van der Waals surface area (Å²) in [4.78, 5) is 34.9. The second kappa shape index (κ2) is 5.13. The molecular formula is C12H9N3O4. The van der Waals surface area contributed by atoms with Crippen molar-refractivity contribution < 1.29 is 14.5 Å². The fourth-order valence-corrected chi connectivity index (χ4v) is 1.51. The normalized spacial score (nSPS) is 9.89. The number of aromatic amines is 1. The third-order valence-corrected chi connectivity index (χ3v) is 2.39. The summed E-state index contributed by atoms with van der Waals surface area (Å²) in [6.45, 7) is 0. The average molecular weight is 259 g/mol. The smallest absolute Gasteiger partial charge is 0.272 e. The number of amides is 1. The van der Waals surface area contributed by atoms with Crippen LogP contribution in [0.1, 0.15) is 21.0 Å². The molecule has 0 aliphatic rings. The number of nitrogens with one attached hydrogen (secondary N) is 2. The fraction of sp³-hybridized carbons (Fsp3) is 0. The summed E-state index contributed by atoms with van der Waals surface area (Å²) in [6, 6.07) is 8.51. The van der Waals surface area contributed by atoms with E-state index >= 15 is 0 Å². The summed E-state index contributed by atoms with van der Waals surface area (Å²) in [5, 5.41) is 13.1. The maximum atomic E-state index is 11.8. The van der Waals surface area contributed by atoms with Crippen LogP contribution in [-0.2, 0) is 0 Å². The molecule has 2 rings (SSSR count). The van der Waals surface area contributed by atoms with E-state index in [4.69, 9.17) is 0 Å². The van der Waals surface area contributed by atoms with E-state index in [2.05, 4.69) is 10.3 Å².